The average molecular weight is 403 g/mol. The zero-order chi connectivity index (χ0) is 17.4. The molecule has 0 spiro atoms. The predicted octanol–water partition coefficient (Wildman–Crippen LogP) is 1.59. The van der Waals surface area contributed by atoms with Crippen molar-refractivity contribution in [1.29, 1.82) is 0 Å². The number of hydrogen-bond acceptors (Lipinski definition) is 5. The van der Waals surface area contributed by atoms with E-state index in [0.717, 1.165) is 24.9 Å². The van der Waals surface area contributed by atoms with Crippen LogP contribution in [-0.2, 0) is 39.5 Å². The number of nitrogens with one attached hydrogen (secondary N) is 2. The van der Waals surface area contributed by atoms with E-state index in [-0.39, 0.29) is 28.7 Å². The number of sulfonamides is 1. The van der Waals surface area contributed by atoms with Gasteiger partial charge in [0.15, 0.2) is 9.84 Å². The van der Waals surface area contributed by atoms with Gasteiger partial charge in [0.05, 0.1) is 9.79 Å². The largest absolute Gasteiger partial charge is 0.309 e. The third kappa shape index (κ3) is 4.59. The van der Waals surface area contributed by atoms with Gasteiger partial charge in [0.2, 0.25) is 10.0 Å². The molecule has 2 aromatic rings. The number of benzene rings is 2. The lowest BCUT2D eigenvalue weighted by Gasteiger charge is -2.09. The molecule has 9 heteroatoms. The minimum atomic E-state index is -3.70. The van der Waals surface area contributed by atoms with Crippen LogP contribution in [0.25, 0.3) is 0 Å². The van der Waals surface area contributed by atoms with Crippen LogP contribution in [0, 0.1) is 0 Å². The average Bonchev–Trinajstić information content (AvgIpc) is 3.00. The quantitative estimate of drug-likeness (QED) is 0.792. The number of hydrogen-bond donors (Lipinski definition) is 2. The molecule has 0 fully saturated rings. The molecule has 25 heavy (non-hydrogen) atoms. The van der Waals surface area contributed by atoms with Crippen molar-refractivity contribution in [2.75, 3.05) is 6.26 Å². The lowest BCUT2D eigenvalue weighted by Crippen LogP contribution is -2.23. The number of halogens is 1. The molecule has 1 heterocycles. The van der Waals surface area contributed by atoms with Crippen LogP contribution in [0.5, 0.6) is 0 Å². The maximum Gasteiger partial charge on any atom is 0.240 e. The summed E-state index contributed by atoms with van der Waals surface area (Å²) < 4.78 is 50.1. The maximum absolute atomic E-state index is 12.3. The van der Waals surface area contributed by atoms with Crippen molar-refractivity contribution in [3.8, 4) is 0 Å². The van der Waals surface area contributed by atoms with Gasteiger partial charge in [0.25, 0.3) is 0 Å². The second-order valence-corrected chi connectivity index (χ2v) is 9.56. The molecule has 2 aromatic carbocycles. The second-order valence-electron chi connectivity index (χ2n) is 5.77. The van der Waals surface area contributed by atoms with Crippen LogP contribution in [0.1, 0.15) is 16.7 Å². The molecule has 0 atom stereocenters. The minimum absolute atomic E-state index is 0. The Kier molecular flexibility index (Phi) is 5.90. The van der Waals surface area contributed by atoms with E-state index in [0.29, 0.717) is 0 Å². The molecule has 3 rings (SSSR count). The van der Waals surface area contributed by atoms with Crippen molar-refractivity contribution in [1.82, 2.24) is 10.0 Å². The minimum Gasteiger partial charge on any atom is -0.309 e. The highest BCUT2D eigenvalue weighted by Gasteiger charge is 2.16. The van der Waals surface area contributed by atoms with Crippen LogP contribution in [-0.4, -0.2) is 23.1 Å². The molecular weight excluding hydrogens is 384 g/mol. The number of rotatable bonds is 5. The summed E-state index contributed by atoms with van der Waals surface area (Å²) in [5, 5.41) is 3.24. The third-order valence-electron chi connectivity index (χ3n) is 3.93. The zero-order valence-corrected chi connectivity index (χ0v) is 16.0. The van der Waals surface area contributed by atoms with E-state index in [4.69, 9.17) is 0 Å². The van der Waals surface area contributed by atoms with Crippen LogP contribution in [0.4, 0.5) is 0 Å². The van der Waals surface area contributed by atoms with Gasteiger partial charge in [-0.15, -0.1) is 12.4 Å². The molecule has 0 saturated carbocycles. The smallest absolute Gasteiger partial charge is 0.240 e. The number of fused-ring (bicyclic) bond motifs is 1. The molecule has 1 aliphatic heterocycles. The fourth-order valence-electron chi connectivity index (χ4n) is 2.59. The first-order chi connectivity index (χ1) is 11.3. The van der Waals surface area contributed by atoms with Crippen LogP contribution < -0.4 is 10.0 Å². The highest BCUT2D eigenvalue weighted by molar-refractivity contribution is 7.90. The Morgan fingerprint density at radius 2 is 1.52 bits per heavy atom. The van der Waals surface area contributed by atoms with Crippen LogP contribution in [0.15, 0.2) is 52.3 Å². The molecule has 136 valence electrons. The summed E-state index contributed by atoms with van der Waals surface area (Å²) in [6.07, 6.45) is 1.08. The summed E-state index contributed by atoms with van der Waals surface area (Å²) in [4.78, 5) is 0.130. The summed E-state index contributed by atoms with van der Waals surface area (Å²) in [5.41, 5.74) is 3.30. The molecule has 1 aliphatic rings. The Labute approximate surface area is 154 Å². The normalized spacial score (nSPS) is 14.0. The SMILES string of the molecule is CS(=O)(=O)c1ccc(S(=O)(=O)NCc2ccc3c(c2)CNC3)cc1.Cl. The monoisotopic (exact) mass is 402 g/mol. The van der Waals surface area contributed by atoms with Gasteiger partial charge in [-0.25, -0.2) is 21.6 Å². The topological polar surface area (TPSA) is 92.3 Å². The number of sulfone groups is 1. The van der Waals surface area contributed by atoms with E-state index in [9.17, 15) is 16.8 Å². The van der Waals surface area contributed by atoms with Gasteiger partial charge in [-0.3, -0.25) is 0 Å². The molecule has 0 aliphatic carbocycles. The Balaban J connectivity index is 0.00000225. The molecule has 0 radical (unpaired) electrons. The summed E-state index contributed by atoms with van der Waals surface area (Å²) >= 11 is 0. The van der Waals surface area contributed by atoms with E-state index in [1.165, 1.54) is 35.4 Å². The second kappa shape index (κ2) is 7.43. The molecule has 6 nitrogen and oxygen atoms in total. The Hall–Kier alpha value is -1.45. The first-order valence-electron chi connectivity index (χ1n) is 7.37. The van der Waals surface area contributed by atoms with Crippen molar-refractivity contribution in [3.05, 3.63) is 59.2 Å². The highest BCUT2D eigenvalue weighted by atomic mass is 35.5. The summed E-state index contributed by atoms with van der Waals surface area (Å²) in [6.45, 7) is 1.82. The van der Waals surface area contributed by atoms with Crippen molar-refractivity contribution < 1.29 is 16.8 Å². The molecule has 0 aromatic heterocycles. The first kappa shape index (κ1) is 19.9. The predicted molar refractivity (Wildman–Crippen MR) is 97.8 cm³/mol. The van der Waals surface area contributed by atoms with Crippen LogP contribution in [0.2, 0.25) is 0 Å². The van der Waals surface area contributed by atoms with Gasteiger partial charge < -0.3 is 5.32 Å². The van der Waals surface area contributed by atoms with Crippen molar-refractivity contribution in [2.24, 2.45) is 0 Å². The first-order valence-corrected chi connectivity index (χ1v) is 10.7. The Bertz CT molecular complexity index is 972. The van der Waals surface area contributed by atoms with E-state index in [1.807, 2.05) is 18.2 Å². The van der Waals surface area contributed by atoms with Gasteiger partial charge in [-0.1, -0.05) is 18.2 Å². The van der Waals surface area contributed by atoms with Gasteiger partial charge in [-0.2, -0.15) is 0 Å². The third-order valence-corrected chi connectivity index (χ3v) is 6.48. The van der Waals surface area contributed by atoms with E-state index in [1.54, 1.807) is 0 Å². The summed E-state index contributed by atoms with van der Waals surface area (Å²) in [6, 6.07) is 11.1. The van der Waals surface area contributed by atoms with Crippen LogP contribution >= 0.6 is 12.4 Å². The van der Waals surface area contributed by atoms with Gasteiger partial charge in [0, 0.05) is 25.9 Å². The van der Waals surface area contributed by atoms with Gasteiger partial charge >= 0.3 is 0 Å². The lowest BCUT2D eigenvalue weighted by atomic mass is 10.1. The Morgan fingerprint density at radius 1 is 0.920 bits per heavy atom. The van der Waals surface area contributed by atoms with E-state index in [2.05, 4.69) is 10.0 Å². The van der Waals surface area contributed by atoms with Crippen molar-refractivity contribution in [2.45, 2.75) is 29.4 Å². The standard InChI is InChI=1S/C16H18N2O4S2.ClH/c1-23(19,20)15-4-6-16(7-5-15)24(21,22)18-9-12-2-3-13-10-17-11-14(13)8-12;/h2-8,17-18H,9-11H2,1H3;1H. The maximum atomic E-state index is 12.3. The molecular formula is C16H19ClN2O4S2. The molecule has 0 unspecified atom stereocenters. The lowest BCUT2D eigenvalue weighted by molar-refractivity contribution is 0.580. The van der Waals surface area contributed by atoms with Gasteiger partial charge in [0.1, 0.15) is 0 Å². The highest BCUT2D eigenvalue weighted by Crippen LogP contribution is 2.18. The molecule has 0 bridgehead atoms. The molecule has 0 amide bonds. The van der Waals surface area contributed by atoms with E-state index < -0.39 is 19.9 Å². The molecule has 0 saturated heterocycles. The Morgan fingerprint density at radius 3 is 2.16 bits per heavy atom. The molecule has 2 N–H and O–H groups in total. The summed E-state index contributed by atoms with van der Waals surface area (Å²) in [7, 11) is -7.04. The zero-order valence-electron chi connectivity index (χ0n) is 13.5. The van der Waals surface area contributed by atoms with Gasteiger partial charge in [-0.05, 0) is 41.0 Å². The summed E-state index contributed by atoms with van der Waals surface area (Å²) in [5.74, 6) is 0. The fraction of sp³-hybridized carbons (Fsp3) is 0.250. The van der Waals surface area contributed by atoms with Crippen molar-refractivity contribution >= 4 is 32.3 Å². The fourth-order valence-corrected chi connectivity index (χ4v) is 4.23. The van der Waals surface area contributed by atoms with Crippen LogP contribution in [0.3, 0.4) is 0 Å². The van der Waals surface area contributed by atoms with E-state index >= 15 is 0 Å². The van der Waals surface area contributed by atoms with Crippen molar-refractivity contribution in [3.63, 3.8) is 0 Å².